The molecule has 4 heteroatoms. The van der Waals surface area contributed by atoms with Crippen molar-refractivity contribution in [3.8, 4) is 0 Å². The number of amides is 1. The lowest BCUT2D eigenvalue weighted by atomic mass is 10.2. The second-order valence-electron chi connectivity index (χ2n) is 2.83. The van der Waals surface area contributed by atoms with Gasteiger partial charge in [-0.1, -0.05) is 0 Å². The molecule has 0 bridgehead atoms. The van der Waals surface area contributed by atoms with Gasteiger partial charge in [-0.2, -0.15) is 0 Å². The molecule has 0 aromatic carbocycles. The molecule has 1 atom stereocenters. The third-order valence-electron chi connectivity index (χ3n) is 1.52. The molecule has 3 N–H and O–H groups in total. The van der Waals surface area contributed by atoms with Gasteiger partial charge in [-0.3, -0.25) is 4.79 Å². The summed E-state index contributed by atoms with van der Waals surface area (Å²) < 4.78 is 4.67. The molecule has 0 aliphatic heterocycles. The summed E-state index contributed by atoms with van der Waals surface area (Å²) in [4.78, 5) is 10.9. The van der Waals surface area contributed by atoms with E-state index in [1.54, 1.807) is 0 Å². The Morgan fingerprint density at radius 2 is 2.33 bits per heavy atom. The van der Waals surface area contributed by atoms with Gasteiger partial charge in [0.2, 0.25) is 5.91 Å². The van der Waals surface area contributed by atoms with Crippen LogP contribution >= 0.6 is 0 Å². The zero-order chi connectivity index (χ0) is 9.40. The fraction of sp³-hybridized carbons (Fsp3) is 0.875. The van der Waals surface area contributed by atoms with Crippen LogP contribution in [0.5, 0.6) is 0 Å². The first-order valence-electron chi connectivity index (χ1n) is 4.19. The van der Waals surface area contributed by atoms with Crippen LogP contribution in [0.1, 0.15) is 19.8 Å². The van der Waals surface area contributed by atoms with Gasteiger partial charge in [0.15, 0.2) is 0 Å². The van der Waals surface area contributed by atoms with Crippen LogP contribution in [0.25, 0.3) is 0 Å². The monoisotopic (exact) mass is 174 g/mol. The molecule has 0 radical (unpaired) electrons. The van der Waals surface area contributed by atoms with E-state index in [0.717, 1.165) is 12.8 Å². The summed E-state index contributed by atoms with van der Waals surface area (Å²) in [6, 6.07) is 0.191. The van der Waals surface area contributed by atoms with Crippen molar-refractivity contribution in [2.45, 2.75) is 25.8 Å². The van der Waals surface area contributed by atoms with Crippen molar-refractivity contribution in [1.82, 2.24) is 5.32 Å². The molecular formula is C8H18N2O2. The molecule has 0 saturated heterocycles. The number of hydrogen-bond donors (Lipinski definition) is 2. The van der Waals surface area contributed by atoms with Crippen LogP contribution in [0.2, 0.25) is 0 Å². The van der Waals surface area contributed by atoms with Crippen LogP contribution in [0, 0.1) is 0 Å². The SMILES string of the molecule is COCC(=O)NC(C)CCCN. The van der Waals surface area contributed by atoms with E-state index in [1.807, 2.05) is 6.92 Å². The minimum atomic E-state index is -0.0676. The number of rotatable bonds is 6. The first kappa shape index (κ1) is 11.4. The highest BCUT2D eigenvalue weighted by molar-refractivity contribution is 5.77. The number of hydrogen-bond acceptors (Lipinski definition) is 3. The number of ether oxygens (including phenoxy) is 1. The molecule has 0 rings (SSSR count). The predicted molar refractivity (Wildman–Crippen MR) is 47.8 cm³/mol. The zero-order valence-electron chi connectivity index (χ0n) is 7.80. The number of nitrogens with one attached hydrogen (secondary N) is 1. The van der Waals surface area contributed by atoms with E-state index >= 15 is 0 Å². The van der Waals surface area contributed by atoms with Gasteiger partial charge in [-0.05, 0) is 26.3 Å². The summed E-state index contributed by atoms with van der Waals surface area (Å²) >= 11 is 0. The number of methoxy groups -OCH3 is 1. The maximum Gasteiger partial charge on any atom is 0.246 e. The smallest absolute Gasteiger partial charge is 0.246 e. The van der Waals surface area contributed by atoms with Gasteiger partial charge in [0.25, 0.3) is 0 Å². The van der Waals surface area contributed by atoms with Gasteiger partial charge in [0.1, 0.15) is 6.61 Å². The molecule has 0 aliphatic rings. The summed E-state index contributed by atoms with van der Waals surface area (Å²) in [6.45, 7) is 2.76. The number of carbonyl (C=O) groups excluding carboxylic acids is 1. The molecule has 0 fully saturated rings. The highest BCUT2D eigenvalue weighted by atomic mass is 16.5. The summed E-state index contributed by atoms with van der Waals surface area (Å²) in [5.41, 5.74) is 5.33. The summed E-state index contributed by atoms with van der Waals surface area (Å²) in [7, 11) is 1.50. The van der Waals surface area contributed by atoms with Crippen molar-refractivity contribution < 1.29 is 9.53 Å². The van der Waals surface area contributed by atoms with Crippen molar-refractivity contribution in [3.63, 3.8) is 0 Å². The Morgan fingerprint density at radius 3 is 2.83 bits per heavy atom. The van der Waals surface area contributed by atoms with Gasteiger partial charge in [-0.15, -0.1) is 0 Å². The molecule has 12 heavy (non-hydrogen) atoms. The summed E-state index contributed by atoms with van der Waals surface area (Å²) in [5, 5.41) is 2.80. The summed E-state index contributed by atoms with van der Waals surface area (Å²) in [6.07, 6.45) is 1.86. The highest BCUT2D eigenvalue weighted by Crippen LogP contribution is 1.93. The molecule has 1 amide bonds. The van der Waals surface area contributed by atoms with E-state index in [1.165, 1.54) is 7.11 Å². The first-order valence-corrected chi connectivity index (χ1v) is 4.19. The fourth-order valence-corrected chi connectivity index (χ4v) is 0.944. The van der Waals surface area contributed by atoms with Gasteiger partial charge in [0.05, 0.1) is 0 Å². The average molecular weight is 174 g/mol. The minimum Gasteiger partial charge on any atom is -0.375 e. The van der Waals surface area contributed by atoms with E-state index in [4.69, 9.17) is 5.73 Å². The van der Waals surface area contributed by atoms with Crippen molar-refractivity contribution >= 4 is 5.91 Å². The van der Waals surface area contributed by atoms with Gasteiger partial charge < -0.3 is 15.8 Å². The Balaban J connectivity index is 3.40. The third kappa shape index (κ3) is 6.12. The fourth-order valence-electron chi connectivity index (χ4n) is 0.944. The van der Waals surface area contributed by atoms with Crippen LogP contribution in [0.3, 0.4) is 0 Å². The van der Waals surface area contributed by atoms with Crippen LogP contribution in [0.4, 0.5) is 0 Å². The molecule has 0 aromatic heterocycles. The highest BCUT2D eigenvalue weighted by Gasteiger charge is 2.05. The molecule has 0 heterocycles. The van der Waals surface area contributed by atoms with Crippen molar-refractivity contribution in [2.24, 2.45) is 5.73 Å². The second-order valence-corrected chi connectivity index (χ2v) is 2.83. The lowest BCUT2D eigenvalue weighted by Gasteiger charge is -2.12. The van der Waals surface area contributed by atoms with Crippen molar-refractivity contribution in [1.29, 1.82) is 0 Å². The Kier molecular flexibility index (Phi) is 6.70. The van der Waals surface area contributed by atoms with Crippen molar-refractivity contribution in [2.75, 3.05) is 20.3 Å². The van der Waals surface area contributed by atoms with Gasteiger partial charge in [-0.25, -0.2) is 0 Å². The van der Waals surface area contributed by atoms with E-state index in [-0.39, 0.29) is 18.6 Å². The van der Waals surface area contributed by atoms with Crippen LogP contribution in [-0.4, -0.2) is 32.2 Å². The Hall–Kier alpha value is -0.610. The lowest BCUT2D eigenvalue weighted by molar-refractivity contribution is -0.125. The second kappa shape index (κ2) is 7.06. The van der Waals surface area contributed by atoms with Crippen molar-refractivity contribution in [3.05, 3.63) is 0 Å². The largest absolute Gasteiger partial charge is 0.375 e. The predicted octanol–water partition coefficient (Wildman–Crippen LogP) is -0.124. The maximum atomic E-state index is 10.9. The van der Waals surface area contributed by atoms with E-state index in [2.05, 4.69) is 10.1 Å². The van der Waals surface area contributed by atoms with E-state index in [9.17, 15) is 4.79 Å². The van der Waals surface area contributed by atoms with Crippen LogP contribution in [0.15, 0.2) is 0 Å². The Labute approximate surface area is 73.5 Å². The average Bonchev–Trinajstić information content (AvgIpc) is 2.01. The molecule has 72 valence electrons. The van der Waals surface area contributed by atoms with Gasteiger partial charge in [0, 0.05) is 13.2 Å². The molecule has 0 saturated carbocycles. The maximum absolute atomic E-state index is 10.9. The van der Waals surface area contributed by atoms with Crippen LogP contribution in [-0.2, 0) is 9.53 Å². The third-order valence-corrected chi connectivity index (χ3v) is 1.52. The minimum absolute atomic E-state index is 0.0676. The molecule has 0 aromatic rings. The van der Waals surface area contributed by atoms with E-state index in [0.29, 0.717) is 6.54 Å². The standard InChI is InChI=1S/C8H18N2O2/c1-7(4-3-5-9)10-8(11)6-12-2/h7H,3-6,9H2,1-2H3,(H,10,11). The van der Waals surface area contributed by atoms with Gasteiger partial charge >= 0.3 is 0 Å². The molecule has 4 nitrogen and oxygen atoms in total. The lowest BCUT2D eigenvalue weighted by Crippen LogP contribution is -2.35. The molecule has 0 spiro atoms. The molecular weight excluding hydrogens is 156 g/mol. The van der Waals surface area contributed by atoms with Crippen LogP contribution < -0.4 is 11.1 Å². The quantitative estimate of drug-likeness (QED) is 0.590. The Bertz CT molecular complexity index is 128. The zero-order valence-corrected chi connectivity index (χ0v) is 7.80. The van der Waals surface area contributed by atoms with E-state index < -0.39 is 0 Å². The Morgan fingerprint density at radius 1 is 1.67 bits per heavy atom. The molecule has 1 unspecified atom stereocenters. The first-order chi connectivity index (χ1) is 5.70. The normalized spacial score (nSPS) is 12.6. The molecule has 0 aliphatic carbocycles. The summed E-state index contributed by atoms with van der Waals surface area (Å²) in [5.74, 6) is -0.0676. The topological polar surface area (TPSA) is 64.3 Å². The number of carbonyl (C=O) groups is 1. The number of nitrogens with two attached hydrogens (primary N) is 1.